The van der Waals surface area contributed by atoms with E-state index in [1.165, 1.54) is 51.4 Å². The van der Waals surface area contributed by atoms with E-state index in [2.05, 4.69) is 19.2 Å². The first-order chi connectivity index (χ1) is 10.3. The minimum atomic E-state index is -0.0993. The van der Waals surface area contributed by atoms with Crippen molar-refractivity contribution in [3.63, 3.8) is 0 Å². The summed E-state index contributed by atoms with van der Waals surface area (Å²) in [5, 5.41) is 3.40. The summed E-state index contributed by atoms with van der Waals surface area (Å²) in [6.45, 7) is 7.74. The molecule has 0 rings (SSSR count). The number of carbonyl (C=O) groups is 1. The second-order valence-electron chi connectivity index (χ2n) is 5.88. The molecule has 126 valence electrons. The average Bonchev–Trinajstić information content (AvgIpc) is 2.48. The van der Waals surface area contributed by atoms with Gasteiger partial charge in [-0.25, -0.2) is 0 Å². The highest BCUT2D eigenvalue weighted by molar-refractivity contribution is 5.75. The molecule has 0 aliphatic heterocycles. The van der Waals surface area contributed by atoms with E-state index >= 15 is 0 Å². The van der Waals surface area contributed by atoms with E-state index in [1.54, 1.807) is 0 Å². The number of hydrogen-bond acceptors (Lipinski definition) is 3. The predicted molar refractivity (Wildman–Crippen MR) is 90.6 cm³/mol. The Morgan fingerprint density at radius 3 is 2.00 bits per heavy atom. The van der Waals surface area contributed by atoms with Crippen LogP contribution in [0.15, 0.2) is 0 Å². The van der Waals surface area contributed by atoms with Crippen LogP contribution in [0.2, 0.25) is 0 Å². The maximum Gasteiger partial charge on any atom is 0.323 e. The fourth-order valence-corrected chi connectivity index (χ4v) is 2.50. The Morgan fingerprint density at radius 2 is 1.43 bits per heavy atom. The zero-order valence-electron chi connectivity index (χ0n) is 14.6. The van der Waals surface area contributed by atoms with Crippen LogP contribution >= 0.6 is 0 Å². The van der Waals surface area contributed by atoms with Crippen LogP contribution in [0.25, 0.3) is 0 Å². The first kappa shape index (κ1) is 20.4. The summed E-state index contributed by atoms with van der Waals surface area (Å²) in [5.41, 5.74) is 0. The molecule has 0 saturated carbocycles. The molecule has 21 heavy (non-hydrogen) atoms. The minimum Gasteiger partial charge on any atom is -0.465 e. The summed E-state index contributed by atoms with van der Waals surface area (Å²) in [5.74, 6) is -0.0680. The number of carbonyl (C=O) groups excluding carboxylic acids is 1. The van der Waals surface area contributed by atoms with Crippen LogP contribution in [0, 0.1) is 0 Å². The van der Waals surface area contributed by atoms with E-state index in [0.29, 0.717) is 6.61 Å². The van der Waals surface area contributed by atoms with Crippen molar-refractivity contribution in [1.82, 2.24) is 5.32 Å². The van der Waals surface area contributed by atoms with Crippen molar-refractivity contribution in [2.45, 2.75) is 97.4 Å². The van der Waals surface area contributed by atoms with Crippen LogP contribution in [-0.2, 0) is 9.53 Å². The molecule has 0 amide bonds. The lowest BCUT2D eigenvalue weighted by Gasteiger charge is -2.17. The van der Waals surface area contributed by atoms with Gasteiger partial charge in [0, 0.05) is 0 Å². The summed E-state index contributed by atoms with van der Waals surface area (Å²) in [4.78, 5) is 11.9. The van der Waals surface area contributed by atoms with Gasteiger partial charge in [-0.15, -0.1) is 0 Å². The first-order valence-electron chi connectivity index (χ1n) is 9.16. The second-order valence-corrected chi connectivity index (χ2v) is 5.88. The maximum absolute atomic E-state index is 11.9. The Labute approximate surface area is 132 Å². The molecule has 0 aromatic rings. The summed E-state index contributed by atoms with van der Waals surface area (Å²) >= 11 is 0. The maximum atomic E-state index is 11.9. The Hall–Kier alpha value is -0.570. The standard InChI is InChI=1S/C18H37NO2/c1-4-7-9-11-13-15-17(18(20)21-6-3)19-16-14-12-10-8-5-2/h17,19H,4-16H2,1-3H3. The van der Waals surface area contributed by atoms with E-state index < -0.39 is 0 Å². The van der Waals surface area contributed by atoms with Crippen molar-refractivity contribution in [1.29, 1.82) is 0 Å². The molecular weight excluding hydrogens is 262 g/mol. The molecule has 1 unspecified atom stereocenters. The highest BCUT2D eigenvalue weighted by atomic mass is 16.5. The first-order valence-corrected chi connectivity index (χ1v) is 9.16. The zero-order chi connectivity index (χ0) is 15.8. The summed E-state index contributed by atoms with van der Waals surface area (Å²) in [6.07, 6.45) is 13.4. The van der Waals surface area contributed by atoms with Crippen LogP contribution in [0.5, 0.6) is 0 Å². The Bertz CT molecular complexity index is 231. The van der Waals surface area contributed by atoms with Gasteiger partial charge in [-0.05, 0) is 26.3 Å². The van der Waals surface area contributed by atoms with E-state index in [9.17, 15) is 4.79 Å². The van der Waals surface area contributed by atoms with Crippen molar-refractivity contribution in [2.24, 2.45) is 0 Å². The van der Waals surface area contributed by atoms with Crippen LogP contribution in [-0.4, -0.2) is 25.2 Å². The monoisotopic (exact) mass is 299 g/mol. The van der Waals surface area contributed by atoms with Gasteiger partial charge in [-0.1, -0.05) is 71.6 Å². The topological polar surface area (TPSA) is 38.3 Å². The van der Waals surface area contributed by atoms with Crippen LogP contribution < -0.4 is 5.32 Å². The predicted octanol–water partition coefficient (Wildman–Crippen LogP) is 4.84. The Morgan fingerprint density at radius 1 is 0.857 bits per heavy atom. The summed E-state index contributed by atoms with van der Waals surface area (Å²) < 4.78 is 5.18. The van der Waals surface area contributed by atoms with Crippen molar-refractivity contribution in [3.05, 3.63) is 0 Å². The number of nitrogens with one attached hydrogen (secondary N) is 1. The van der Waals surface area contributed by atoms with Crippen molar-refractivity contribution < 1.29 is 9.53 Å². The molecule has 0 bridgehead atoms. The molecular formula is C18H37NO2. The normalized spacial score (nSPS) is 12.3. The van der Waals surface area contributed by atoms with Crippen LogP contribution in [0.4, 0.5) is 0 Å². The van der Waals surface area contributed by atoms with Gasteiger partial charge < -0.3 is 10.1 Å². The summed E-state index contributed by atoms with van der Waals surface area (Å²) in [7, 11) is 0. The molecule has 0 radical (unpaired) electrons. The zero-order valence-corrected chi connectivity index (χ0v) is 14.6. The highest BCUT2D eigenvalue weighted by Crippen LogP contribution is 2.09. The molecule has 0 saturated heterocycles. The minimum absolute atomic E-state index is 0.0680. The lowest BCUT2D eigenvalue weighted by Crippen LogP contribution is -2.38. The van der Waals surface area contributed by atoms with Gasteiger partial charge in [0.25, 0.3) is 0 Å². The molecule has 3 nitrogen and oxygen atoms in total. The quantitative estimate of drug-likeness (QED) is 0.347. The molecule has 0 aromatic carbocycles. The number of esters is 1. The highest BCUT2D eigenvalue weighted by Gasteiger charge is 2.18. The van der Waals surface area contributed by atoms with E-state index in [1.807, 2.05) is 6.92 Å². The molecule has 0 aliphatic carbocycles. The van der Waals surface area contributed by atoms with Crippen molar-refractivity contribution >= 4 is 5.97 Å². The lowest BCUT2D eigenvalue weighted by atomic mass is 10.1. The molecule has 0 heterocycles. The molecule has 3 heteroatoms. The third-order valence-electron chi connectivity index (χ3n) is 3.84. The molecule has 0 aliphatic rings. The molecule has 1 N–H and O–H groups in total. The van der Waals surface area contributed by atoms with Crippen LogP contribution in [0.1, 0.15) is 91.4 Å². The molecule has 0 fully saturated rings. The van der Waals surface area contributed by atoms with Gasteiger partial charge in [0.1, 0.15) is 6.04 Å². The lowest BCUT2D eigenvalue weighted by molar-refractivity contribution is -0.145. The largest absolute Gasteiger partial charge is 0.465 e. The fraction of sp³-hybridized carbons (Fsp3) is 0.944. The number of ether oxygens (including phenoxy) is 1. The molecule has 0 spiro atoms. The Balaban J connectivity index is 3.83. The summed E-state index contributed by atoms with van der Waals surface area (Å²) in [6, 6.07) is -0.0993. The van der Waals surface area contributed by atoms with Crippen molar-refractivity contribution in [2.75, 3.05) is 13.2 Å². The molecule has 0 aromatic heterocycles. The third kappa shape index (κ3) is 12.9. The number of hydrogen-bond donors (Lipinski definition) is 1. The second kappa shape index (κ2) is 15.8. The van der Waals surface area contributed by atoms with Gasteiger partial charge in [0.2, 0.25) is 0 Å². The van der Waals surface area contributed by atoms with Gasteiger partial charge in [-0.2, -0.15) is 0 Å². The van der Waals surface area contributed by atoms with Crippen molar-refractivity contribution in [3.8, 4) is 0 Å². The van der Waals surface area contributed by atoms with Gasteiger partial charge in [0.05, 0.1) is 6.61 Å². The average molecular weight is 299 g/mol. The van der Waals surface area contributed by atoms with E-state index in [0.717, 1.165) is 25.8 Å². The number of unbranched alkanes of at least 4 members (excludes halogenated alkanes) is 8. The van der Waals surface area contributed by atoms with Gasteiger partial charge in [0.15, 0.2) is 0 Å². The van der Waals surface area contributed by atoms with Gasteiger partial charge >= 0.3 is 5.97 Å². The van der Waals surface area contributed by atoms with E-state index in [4.69, 9.17) is 4.74 Å². The third-order valence-corrected chi connectivity index (χ3v) is 3.84. The fourth-order valence-electron chi connectivity index (χ4n) is 2.50. The smallest absolute Gasteiger partial charge is 0.323 e. The van der Waals surface area contributed by atoms with E-state index in [-0.39, 0.29) is 12.0 Å². The SMILES string of the molecule is CCCCCCCNC(CCCCCCC)C(=O)OCC. The van der Waals surface area contributed by atoms with Gasteiger partial charge in [-0.3, -0.25) is 4.79 Å². The number of rotatable bonds is 15. The van der Waals surface area contributed by atoms with Crippen LogP contribution in [0.3, 0.4) is 0 Å². The molecule has 1 atom stereocenters. The Kier molecular flexibility index (Phi) is 15.4.